The molecule has 29 heavy (non-hydrogen) atoms. The largest absolute Gasteiger partial charge is 0.473 e. The van der Waals surface area contributed by atoms with Crippen molar-refractivity contribution in [2.45, 2.75) is 78.9 Å². The predicted molar refractivity (Wildman–Crippen MR) is 112 cm³/mol. The molecule has 0 N–H and O–H groups in total. The zero-order valence-electron chi connectivity index (χ0n) is 17.5. The molecule has 0 aliphatic heterocycles. The molecule has 0 bridgehead atoms. The maximum atomic E-state index is 12.4. The van der Waals surface area contributed by atoms with E-state index in [1.165, 1.54) is 12.1 Å². The lowest BCUT2D eigenvalue weighted by Gasteiger charge is -2.20. The molecule has 4 nitrogen and oxygen atoms in total. The van der Waals surface area contributed by atoms with Crippen molar-refractivity contribution in [1.82, 2.24) is 9.97 Å². The summed E-state index contributed by atoms with van der Waals surface area (Å²) in [5, 5.41) is 0.290. The molecule has 0 spiro atoms. The maximum absolute atomic E-state index is 12.4. The van der Waals surface area contributed by atoms with Crippen LogP contribution in [0.1, 0.15) is 64.8 Å². The van der Waals surface area contributed by atoms with E-state index in [9.17, 15) is 8.78 Å². The SMILES string of the molecule is CCCC(CCC)Oc1nc(CC)c(-c2ccc(OC(F)F)cc2Cl)nc1CC. The van der Waals surface area contributed by atoms with Crippen LogP contribution in [-0.2, 0) is 12.8 Å². The van der Waals surface area contributed by atoms with Crippen LogP contribution < -0.4 is 9.47 Å². The first-order valence-corrected chi connectivity index (χ1v) is 10.6. The van der Waals surface area contributed by atoms with Gasteiger partial charge in [-0.1, -0.05) is 52.1 Å². The summed E-state index contributed by atoms with van der Waals surface area (Å²) in [5.41, 5.74) is 2.80. The van der Waals surface area contributed by atoms with Crippen molar-refractivity contribution in [3.8, 4) is 22.9 Å². The molecule has 0 radical (unpaired) electrons. The normalized spacial score (nSPS) is 11.3. The van der Waals surface area contributed by atoms with Crippen molar-refractivity contribution in [2.24, 2.45) is 0 Å². The molecule has 0 saturated carbocycles. The molecule has 2 aromatic rings. The summed E-state index contributed by atoms with van der Waals surface area (Å²) in [5.74, 6) is 0.589. The summed E-state index contributed by atoms with van der Waals surface area (Å²) in [6, 6.07) is 4.47. The molecule has 7 heteroatoms. The van der Waals surface area contributed by atoms with Crippen LogP contribution in [0.4, 0.5) is 8.78 Å². The van der Waals surface area contributed by atoms with Crippen LogP contribution in [-0.4, -0.2) is 22.7 Å². The maximum Gasteiger partial charge on any atom is 0.387 e. The summed E-state index contributed by atoms with van der Waals surface area (Å²) >= 11 is 6.35. The number of ether oxygens (including phenoxy) is 2. The van der Waals surface area contributed by atoms with E-state index in [1.54, 1.807) is 6.07 Å². The van der Waals surface area contributed by atoms with Gasteiger partial charge < -0.3 is 9.47 Å². The highest BCUT2D eigenvalue weighted by molar-refractivity contribution is 6.33. The molecule has 0 unspecified atom stereocenters. The highest BCUT2D eigenvalue weighted by Gasteiger charge is 2.19. The van der Waals surface area contributed by atoms with Crippen molar-refractivity contribution >= 4 is 11.6 Å². The van der Waals surface area contributed by atoms with Gasteiger partial charge in [0.05, 0.1) is 16.4 Å². The second-order valence-corrected chi connectivity index (χ2v) is 7.22. The fraction of sp³-hybridized carbons (Fsp3) is 0.545. The van der Waals surface area contributed by atoms with Gasteiger partial charge in [0.25, 0.3) is 0 Å². The van der Waals surface area contributed by atoms with E-state index < -0.39 is 6.61 Å². The molecule has 0 atom stereocenters. The van der Waals surface area contributed by atoms with Gasteiger partial charge in [0.2, 0.25) is 5.88 Å². The van der Waals surface area contributed by atoms with Crippen molar-refractivity contribution in [1.29, 1.82) is 0 Å². The van der Waals surface area contributed by atoms with Gasteiger partial charge in [0.1, 0.15) is 17.5 Å². The Morgan fingerprint density at radius 2 is 1.59 bits per heavy atom. The third-order valence-electron chi connectivity index (χ3n) is 4.59. The van der Waals surface area contributed by atoms with Crippen LogP contribution >= 0.6 is 11.6 Å². The number of hydrogen-bond acceptors (Lipinski definition) is 4. The number of aromatic nitrogens is 2. The molecule has 1 heterocycles. The van der Waals surface area contributed by atoms with Gasteiger partial charge >= 0.3 is 6.61 Å². The van der Waals surface area contributed by atoms with Gasteiger partial charge in [-0.05, 0) is 43.9 Å². The third kappa shape index (κ3) is 6.26. The number of nitrogens with zero attached hydrogens (tertiary/aromatic N) is 2. The Bertz CT molecular complexity index is 797. The average molecular weight is 427 g/mol. The molecular formula is C22H29ClF2N2O2. The van der Waals surface area contributed by atoms with Crippen LogP contribution in [0.25, 0.3) is 11.3 Å². The Hall–Kier alpha value is -1.95. The summed E-state index contributed by atoms with van der Waals surface area (Å²) in [7, 11) is 0. The van der Waals surface area contributed by atoms with E-state index >= 15 is 0 Å². The fourth-order valence-corrected chi connectivity index (χ4v) is 3.46. The van der Waals surface area contributed by atoms with Crippen molar-refractivity contribution in [3.63, 3.8) is 0 Å². The monoisotopic (exact) mass is 426 g/mol. The van der Waals surface area contributed by atoms with Gasteiger partial charge in [0.15, 0.2) is 0 Å². The minimum Gasteiger partial charge on any atom is -0.473 e. The van der Waals surface area contributed by atoms with Crippen LogP contribution in [0.15, 0.2) is 18.2 Å². The van der Waals surface area contributed by atoms with Gasteiger partial charge in [0, 0.05) is 5.56 Å². The number of rotatable bonds is 11. The lowest BCUT2D eigenvalue weighted by Crippen LogP contribution is -2.19. The summed E-state index contributed by atoms with van der Waals surface area (Å²) < 4.78 is 35.6. The number of benzene rings is 1. The lowest BCUT2D eigenvalue weighted by molar-refractivity contribution is -0.0498. The fourth-order valence-electron chi connectivity index (χ4n) is 3.20. The van der Waals surface area contributed by atoms with E-state index in [0.717, 1.165) is 37.1 Å². The molecule has 0 saturated heterocycles. The highest BCUT2D eigenvalue weighted by atomic mass is 35.5. The van der Waals surface area contributed by atoms with Gasteiger partial charge in [-0.15, -0.1) is 0 Å². The minimum atomic E-state index is -2.90. The van der Waals surface area contributed by atoms with Gasteiger partial charge in [-0.2, -0.15) is 8.78 Å². The zero-order chi connectivity index (χ0) is 21.4. The second kappa shape index (κ2) is 11.3. The van der Waals surface area contributed by atoms with Crippen molar-refractivity contribution < 1.29 is 18.3 Å². The Morgan fingerprint density at radius 1 is 0.931 bits per heavy atom. The van der Waals surface area contributed by atoms with Crippen molar-refractivity contribution in [2.75, 3.05) is 0 Å². The Morgan fingerprint density at radius 3 is 2.10 bits per heavy atom. The lowest BCUT2D eigenvalue weighted by atomic mass is 10.1. The van der Waals surface area contributed by atoms with Crippen molar-refractivity contribution in [3.05, 3.63) is 34.6 Å². The molecule has 0 fully saturated rings. The average Bonchev–Trinajstić information content (AvgIpc) is 2.68. The molecule has 2 rings (SSSR count). The number of halogens is 3. The molecule has 0 aliphatic rings. The standard InChI is InChI=1S/C22H29ClF2N2O2/c1-5-9-14(10-6-2)28-21-19(8-4)26-20(18(7-3)27-21)16-12-11-15(13-17(16)23)29-22(24)25/h11-14,22H,5-10H2,1-4H3. The van der Waals surface area contributed by atoms with Crippen LogP contribution in [0, 0.1) is 0 Å². The van der Waals surface area contributed by atoms with E-state index in [1.807, 2.05) is 13.8 Å². The Kier molecular flexibility index (Phi) is 9.08. The van der Waals surface area contributed by atoms with E-state index in [0.29, 0.717) is 30.0 Å². The quantitative estimate of drug-likeness (QED) is 0.393. The van der Waals surface area contributed by atoms with E-state index in [-0.39, 0.29) is 16.9 Å². The van der Waals surface area contributed by atoms with Crippen LogP contribution in [0.5, 0.6) is 11.6 Å². The molecular weight excluding hydrogens is 398 g/mol. The zero-order valence-corrected chi connectivity index (χ0v) is 18.2. The number of alkyl halides is 2. The van der Waals surface area contributed by atoms with E-state index in [4.69, 9.17) is 26.3 Å². The Labute approximate surface area is 176 Å². The number of hydrogen-bond donors (Lipinski definition) is 0. The molecule has 160 valence electrons. The molecule has 0 aliphatic carbocycles. The minimum absolute atomic E-state index is 0.0115. The van der Waals surface area contributed by atoms with Gasteiger partial charge in [-0.3, -0.25) is 0 Å². The Balaban J connectivity index is 2.43. The first-order chi connectivity index (χ1) is 13.9. The van der Waals surface area contributed by atoms with Crippen LogP contribution in [0.2, 0.25) is 5.02 Å². The molecule has 1 aromatic carbocycles. The third-order valence-corrected chi connectivity index (χ3v) is 4.91. The first kappa shape index (κ1) is 23.3. The highest BCUT2D eigenvalue weighted by Crippen LogP contribution is 2.34. The summed E-state index contributed by atoms with van der Waals surface area (Å²) in [6.45, 7) is 5.37. The molecule has 0 amide bonds. The summed E-state index contributed by atoms with van der Waals surface area (Å²) in [4.78, 5) is 9.56. The topological polar surface area (TPSA) is 44.2 Å². The van der Waals surface area contributed by atoms with Crippen LogP contribution in [0.3, 0.4) is 0 Å². The van der Waals surface area contributed by atoms with Gasteiger partial charge in [-0.25, -0.2) is 9.97 Å². The van der Waals surface area contributed by atoms with E-state index in [2.05, 4.69) is 18.6 Å². The predicted octanol–water partition coefficient (Wildman–Crippen LogP) is 6.87. The second-order valence-electron chi connectivity index (χ2n) is 6.82. The first-order valence-electron chi connectivity index (χ1n) is 10.2. The summed E-state index contributed by atoms with van der Waals surface area (Å²) in [6.07, 6.45) is 5.45. The smallest absolute Gasteiger partial charge is 0.387 e. The number of aryl methyl sites for hydroxylation is 2. The molecule has 1 aromatic heterocycles.